The lowest BCUT2D eigenvalue weighted by Gasteiger charge is -2.33. The van der Waals surface area contributed by atoms with Gasteiger partial charge in [-0.05, 0) is 42.9 Å². The average molecular weight is 491 g/mol. The van der Waals surface area contributed by atoms with Crippen molar-refractivity contribution in [1.82, 2.24) is 30.5 Å². The monoisotopic (exact) mass is 490 g/mol. The first-order valence-corrected chi connectivity index (χ1v) is 12.2. The second-order valence-corrected chi connectivity index (χ2v) is 9.01. The molecule has 0 saturated carbocycles. The van der Waals surface area contributed by atoms with Crippen LogP contribution < -0.4 is 20.9 Å². The predicted octanol–water partition coefficient (Wildman–Crippen LogP) is 2.19. The van der Waals surface area contributed by atoms with E-state index in [4.69, 9.17) is 5.11 Å². The predicted molar refractivity (Wildman–Crippen MR) is 142 cm³/mol. The van der Waals surface area contributed by atoms with Gasteiger partial charge >= 0.3 is 5.97 Å². The minimum absolute atomic E-state index is 0.0222. The van der Waals surface area contributed by atoms with Crippen molar-refractivity contribution in [3.63, 3.8) is 0 Å². The van der Waals surface area contributed by atoms with Crippen molar-refractivity contribution in [2.24, 2.45) is 0 Å². The summed E-state index contributed by atoms with van der Waals surface area (Å²) >= 11 is 0. The first kappa shape index (κ1) is 25.5. The van der Waals surface area contributed by atoms with E-state index >= 15 is 0 Å². The van der Waals surface area contributed by atoms with Gasteiger partial charge in [0.1, 0.15) is 5.82 Å². The highest BCUT2D eigenvalue weighted by atomic mass is 16.4. The van der Waals surface area contributed by atoms with Crippen LogP contribution in [0.5, 0.6) is 0 Å². The number of piperazine rings is 1. The number of anilines is 3. The van der Waals surface area contributed by atoms with Crippen LogP contribution in [0.3, 0.4) is 0 Å². The summed E-state index contributed by atoms with van der Waals surface area (Å²) < 4.78 is 0. The molecule has 10 heteroatoms. The maximum Gasteiger partial charge on any atom is 0.304 e. The van der Waals surface area contributed by atoms with E-state index in [-0.39, 0.29) is 12.5 Å². The number of carbonyl (C=O) groups is 1. The van der Waals surface area contributed by atoms with E-state index in [0.717, 1.165) is 61.0 Å². The normalized spacial score (nSPS) is 16.0. The maximum absolute atomic E-state index is 11.1. The number of carboxylic acid groups (broad SMARTS) is 1. The van der Waals surface area contributed by atoms with Crippen molar-refractivity contribution in [3.05, 3.63) is 60.4 Å². The summed E-state index contributed by atoms with van der Waals surface area (Å²) in [5.41, 5.74) is 3.77. The number of benzene rings is 1. The summed E-state index contributed by atoms with van der Waals surface area (Å²) in [5.74, 6) is 0.659. The molecular formula is C26H34N8O2. The molecule has 190 valence electrons. The van der Waals surface area contributed by atoms with E-state index in [9.17, 15) is 4.79 Å². The number of hydrogen-bond donors (Lipinski definition) is 4. The van der Waals surface area contributed by atoms with Crippen molar-refractivity contribution in [1.29, 1.82) is 0 Å². The van der Waals surface area contributed by atoms with Gasteiger partial charge in [0.2, 0.25) is 5.95 Å². The molecule has 1 aromatic carbocycles. The minimum Gasteiger partial charge on any atom is -0.481 e. The zero-order valence-electron chi connectivity index (χ0n) is 20.8. The van der Waals surface area contributed by atoms with E-state index in [0.29, 0.717) is 12.5 Å². The number of likely N-dealkylation sites (N-methyl/N-ethyl adjacent to an activating group) is 2. The molecular weight excluding hydrogens is 456 g/mol. The fourth-order valence-corrected chi connectivity index (χ4v) is 4.26. The molecule has 1 saturated heterocycles. The smallest absolute Gasteiger partial charge is 0.304 e. The molecule has 0 amide bonds. The lowest BCUT2D eigenvalue weighted by atomic mass is 10.1. The summed E-state index contributed by atoms with van der Waals surface area (Å²) in [6.07, 6.45) is 3.71. The van der Waals surface area contributed by atoms with Gasteiger partial charge < -0.3 is 26.0 Å². The third kappa shape index (κ3) is 7.20. The topological polar surface area (TPSA) is 119 Å². The van der Waals surface area contributed by atoms with Crippen molar-refractivity contribution in [2.75, 3.05) is 57.0 Å². The first-order chi connectivity index (χ1) is 17.5. The molecule has 0 spiro atoms. The number of nitrogens with zero attached hydrogens (tertiary/aromatic N) is 5. The Kier molecular flexibility index (Phi) is 8.77. The van der Waals surface area contributed by atoms with Crippen LogP contribution >= 0.6 is 0 Å². The summed E-state index contributed by atoms with van der Waals surface area (Å²) in [5, 5.41) is 18.8. The van der Waals surface area contributed by atoms with Crippen molar-refractivity contribution in [3.8, 4) is 11.3 Å². The molecule has 3 aromatic rings. The van der Waals surface area contributed by atoms with Gasteiger partial charge in [0.05, 0.1) is 12.1 Å². The fraction of sp³-hybridized carbons (Fsp3) is 0.385. The Morgan fingerprint density at radius 3 is 2.92 bits per heavy atom. The highest BCUT2D eigenvalue weighted by Crippen LogP contribution is 2.22. The lowest BCUT2D eigenvalue weighted by molar-refractivity contribution is -0.137. The van der Waals surface area contributed by atoms with E-state index in [1.807, 2.05) is 50.6 Å². The first-order valence-electron chi connectivity index (χ1n) is 12.2. The van der Waals surface area contributed by atoms with Gasteiger partial charge in [0, 0.05) is 76.0 Å². The van der Waals surface area contributed by atoms with Crippen LogP contribution in [0, 0.1) is 0 Å². The number of aromatic nitrogens is 3. The summed E-state index contributed by atoms with van der Waals surface area (Å²) in [4.78, 5) is 29.1. The van der Waals surface area contributed by atoms with Gasteiger partial charge in [0.25, 0.3) is 0 Å². The van der Waals surface area contributed by atoms with E-state index in [1.54, 1.807) is 6.20 Å². The molecule has 0 bridgehead atoms. The third-order valence-electron chi connectivity index (χ3n) is 6.14. The third-order valence-corrected chi connectivity index (χ3v) is 6.14. The average Bonchev–Trinajstić information content (AvgIpc) is 2.87. The summed E-state index contributed by atoms with van der Waals surface area (Å²) in [7, 11) is 3.96. The molecule has 4 rings (SSSR count). The highest BCUT2D eigenvalue weighted by Gasteiger charge is 2.21. The Hall–Kier alpha value is -3.60. The second kappa shape index (κ2) is 12.4. The van der Waals surface area contributed by atoms with E-state index < -0.39 is 5.97 Å². The Balaban J connectivity index is 1.39. The molecule has 0 aliphatic carbocycles. The Morgan fingerprint density at radius 1 is 1.25 bits per heavy atom. The Morgan fingerprint density at radius 2 is 2.14 bits per heavy atom. The van der Waals surface area contributed by atoms with E-state index in [2.05, 4.69) is 52.8 Å². The van der Waals surface area contributed by atoms with Crippen molar-refractivity contribution < 1.29 is 9.90 Å². The van der Waals surface area contributed by atoms with Crippen LogP contribution in [0.4, 0.5) is 17.5 Å². The SMILES string of the molecule is CNCCN(C)c1ccc(-c2ccnc(Nc3cccc(CN4CCNC(CC(=O)O)C4)c3)n2)cn1. The lowest BCUT2D eigenvalue weighted by Crippen LogP contribution is -2.50. The van der Waals surface area contributed by atoms with Crippen LogP contribution in [0.25, 0.3) is 11.3 Å². The highest BCUT2D eigenvalue weighted by molar-refractivity contribution is 5.67. The Labute approximate surface area is 211 Å². The summed E-state index contributed by atoms with van der Waals surface area (Å²) in [6, 6.07) is 14.0. The molecule has 10 nitrogen and oxygen atoms in total. The minimum atomic E-state index is -0.772. The van der Waals surface area contributed by atoms with Crippen LogP contribution in [0.2, 0.25) is 0 Å². The van der Waals surface area contributed by atoms with Crippen molar-refractivity contribution in [2.45, 2.75) is 19.0 Å². The van der Waals surface area contributed by atoms with E-state index in [1.165, 1.54) is 0 Å². The fourth-order valence-electron chi connectivity index (χ4n) is 4.26. The van der Waals surface area contributed by atoms with Gasteiger partial charge in [-0.25, -0.2) is 15.0 Å². The number of aliphatic carboxylic acids is 1. The van der Waals surface area contributed by atoms with Crippen molar-refractivity contribution >= 4 is 23.4 Å². The largest absolute Gasteiger partial charge is 0.481 e. The van der Waals surface area contributed by atoms with Crippen LogP contribution in [0.15, 0.2) is 54.9 Å². The second-order valence-electron chi connectivity index (χ2n) is 9.01. The molecule has 3 heterocycles. The van der Waals surface area contributed by atoms with Gasteiger partial charge in [-0.2, -0.15) is 0 Å². The van der Waals surface area contributed by atoms with Crippen LogP contribution in [-0.2, 0) is 11.3 Å². The van der Waals surface area contributed by atoms with Crippen LogP contribution in [0.1, 0.15) is 12.0 Å². The molecule has 4 N–H and O–H groups in total. The molecule has 1 atom stereocenters. The number of carboxylic acids is 1. The molecule has 0 radical (unpaired) electrons. The van der Waals surface area contributed by atoms with Gasteiger partial charge in [-0.1, -0.05) is 12.1 Å². The standard InChI is InChI=1S/C26H34N8O2/c1-27-10-12-33(2)24-7-6-20(16-30-24)23-8-9-29-26(32-23)31-21-5-3-4-19(14-21)17-34-13-11-28-22(18-34)15-25(35)36/h3-9,14,16,22,27-28H,10-13,15,17-18H2,1-2H3,(H,35,36)(H,29,31,32). The number of nitrogens with one attached hydrogen (secondary N) is 3. The zero-order valence-corrected chi connectivity index (χ0v) is 20.8. The molecule has 2 aromatic heterocycles. The molecule has 1 fully saturated rings. The summed E-state index contributed by atoms with van der Waals surface area (Å²) in [6.45, 7) is 4.92. The maximum atomic E-state index is 11.1. The molecule has 1 aliphatic heterocycles. The van der Waals surface area contributed by atoms with Crippen LogP contribution in [-0.4, -0.2) is 83.8 Å². The zero-order chi connectivity index (χ0) is 25.3. The number of rotatable bonds is 11. The van der Waals surface area contributed by atoms with Gasteiger partial charge in [0.15, 0.2) is 0 Å². The van der Waals surface area contributed by atoms with Gasteiger partial charge in [-0.15, -0.1) is 0 Å². The van der Waals surface area contributed by atoms with Gasteiger partial charge in [-0.3, -0.25) is 9.69 Å². The molecule has 1 aliphatic rings. The molecule has 36 heavy (non-hydrogen) atoms. The number of pyridine rings is 1. The molecule has 1 unspecified atom stereocenters. The number of hydrogen-bond acceptors (Lipinski definition) is 9. The Bertz CT molecular complexity index is 1140. The quantitative estimate of drug-likeness (QED) is 0.318.